The molecule has 0 atom stereocenters. The first-order valence-electron chi connectivity index (χ1n) is 9.76. The van der Waals surface area contributed by atoms with Crippen LogP contribution in [0.25, 0.3) is 10.1 Å². The van der Waals surface area contributed by atoms with Crippen LogP contribution in [0.2, 0.25) is 0 Å². The van der Waals surface area contributed by atoms with Crippen LogP contribution in [0.1, 0.15) is 21.1 Å². The molecule has 5 nitrogen and oxygen atoms in total. The summed E-state index contributed by atoms with van der Waals surface area (Å²) in [5, 5.41) is 4.11. The molecule has 0 N–H and O–H groups in total. The number of carbonyl (C=O) groups excluding carboxylic acids is 1. The number of benzene rings is 1. The predicted octanol–water partition coefficient (Wildman–Crippen LogP) is 3.64. The molecule has 0 spiro atoms. The molecule has 7 heteroatoms. The average molecular weight is 415 g/mol. The zero-order valence-corrected chi connectivity index (χ0v) is 17.8. The highest BCUT2D eigenvalue weighted by Crippen LogP contribution is 2.27. The second-order valence-electron chi connectivity index (χ2n) is 7.30. The summed E-state index contributed by atoms with van der Waals surface area (Å²) < 4.78 is 1.16. The maximum absolute atomic E-state index is 13.3. The summed E-state index contributed by atoms with van der Waals surface area (Å²) in [7, 11) is 2.18. The maximum Gasteiger partial charge on any atom is 0.264 e. The van der Waals surface area contributed by atoms with Crippen molar-refractivity contribution in [2.45, 2.75) is 13.0 Å². The normalized spacial score (nSPS) is 15.9. The first-order valence-corrected chi connectivity index (χ1v) is 11.5. The third-order valence-electron chi connectivity index (χ3n) is 5.23. The minimum Gasteiger partial charge on any atom is -0.331 e. The second kappa shape index (κ2) is 9.13. The third-order valence-corrected chi connectivity index (χ3v) is 7.10. The van der Waals surface area contributed by atoms with Gasteiger partial charge in [0, 0.05) is 49.0 Å². The van der Waals surface area contributed by atoms with Crippen LogP contribution in [0.4, 0.5) is 0 Å². The van der Waals surface area contributed by atoms with Crippen molar-refractivity contribution >= 4 is 38.7 Å². The van der Waals surface area contributed by atoms with Crippen LogP contribution in [0.15, 0.2) is 41.9 Å². The zero-order chi connectivity index (χ0) is 19.3. The SMILES string of the molecule is CN1CCN(CCCN(Cc2nccs2)C(=O)c2cc3ccccc3s2)CC1. The lowest BCUT2D eigenvalue weighted by atomic mass is 10.2. The molecule has 0 unspecified atom stereocenters. The first kappa shape index (κ1) is 19.5. The van der Waals surface area contributed by atoms with Gasteiger partial charge in [-0.05, 0) is 37.5 Å². The summed E-state index contributed by atoms with van der Waals surface area (Å²) in [6, 6.07) is 10.2. The average Bonchev–Trinajstić information content (AvgIpc) is 3.37. The molecule has 1 fully saturated rings. The zero-order valence-electron chi connectivity index (χ0n) is 16.2. The molecule has 1 aliphatic heterocycles. The Morgan fingerprint density at radius 3 is 2.79 bits per heavy atom. The molecule has 3 heterocycles. The number of piperazine rings is 1. The number of carbonyl (C=O) groups is 1. The number of nitrogens with zero attached hydrogens (tertiary/aromatic N) is 4. The lowest BCUT2D eigenvalue weighted by molar-refractivity contribution is 0.0733. The van der Waals surface area contributed by atoms with Gasteiger partial charge in [0.2, 0.25) is 0 Å². The quantitative estimate of drug-likeness (QED) is 0.592. The van der Waals surface area contributed by atoms with Gasteiger partial charge in [-0.25, -0.2) is 4.98 Å². The molecule has 148 valence electrons. The smallest absolute Gasteiger partial charge is 0.264 e. The van der Waals surface area contributed by atoms with Crippen molar-refractivity contribution in [1.82, 2.24) is 19.7 Å². The number of hydrogen-bond acceptors (Lipinski definition) is 6. The van der Waals surface area contributed by atoms with Crippen LogP contribution < -0.4 is 0 Å². The fraction of sp³-hybridized carbons (Fsp3) is 0.429. The van der Waals surface area contributed by atoms with E-state index in [4.69, 9.17) is 0 Å². The molecule has 0 aliphatic carbocycles. The van der Waals surface area contributed by atoms with Crippen LogP contribution in [0.5, 0.6) is 0 Å². The number of thiophene rings is 1. The topological polar surface area (TPSA) is 39.7 Å². The number of aromatic nitrogens is 1. The van der Waals surface area contributed by atoms with Gasteiger partial charge in [0.05, 0.1) is 11.4 Å². The summed E-state index contributed by atoms with van der Waals surface area (Å²) in [6.45, 7) is 6.89. The Bertz CT molecular complexity index is 867. The standard InChI is InChI=1S/C21H26N4OS2/c1-23-10-12-24(13-11-23)8-4-9-25(16-20-22-7-14-27-20)21(26)19-15-17-5-2-3-6-18(17)28-19/h2-3,5-7,14-15H,4,8-13,16H2,1H3. The molecule has 1 aliphatic rings. The lowest BCUT2D eigenvalue weighted by Crippen LogP contribution is -2.45. The Kier molecular flexibility index (Phi) is 6.36. The van der Waals surface area contributed by atoms with Gasteiger partial charge in [0.15, 0.2) is 0 Å². The molecule has 0 saturated carbocycles. The Balaban J connectivity index is 1.42. The highest BCUT2D eigenvalue weighted by molar-refractivity contribution is 7.20. The number of rotatable bonds is 7. The van der Waals surface area contributed by atoms with E-state index in [1.807, 2.05) is 34.7 Å². The maximum atomic E-state index is 13.3. The largest absolute Gasteiger partial charge is 0.331 e. The highest BCUT2D eigenvalue weighted by Gasteiger charge is 2.20. The van der Waals surface area contributed by atoms with Gasteiger partial charge in [-0.15, -0.1) is 22.7 Å². The van der Waals surface area contributed by atoms with Crippen LogP contribution >= 0.6 is 22.7 Å². The van der Waals surface area contributed by atoms with Gasteiger partial charge >= 0.3 is 0 Å². The summed E-state index contributed by atoms with van der Waals surface area (Å²) in [5.41, 5.74) is 0. The summed E-state index contributed by atoms with van der Waals surface area (Å²) >= 11 is 3.20. The molecule has 1 amide bonds. The summed E-state index contributed by atoms with van der Waals surface area (Å²) in [6.07, 6.45) is 2.80. The molecule has 2 aromatic heterocycles. The lowest BCUT2D eigenvalue weighted by Gasteiger charge is -2.32. The molecule has 0 radical (unpaired) electrons. The van der Waals surface area contributed by atoms with E-state index >= 15 is 0 Å². The van der Waals surface area contributed by atoms with E-state index in [9.17, 15) is 4.79 Å². The van der Waals surface area contributed by atoms with E-state index < -0.39 is 0 Å². The van der Waals surface area contributed by atoms with E-state index in [0.29, 0.717) is 6.54 Å². The third kappa shape index (κ3) is 4.78. The number of thiazole rings is 1. The number of likely N-dealkylation sites (N-methyl/N-ethyl adjacent to an activating group) is 1. The van der Waals surface area contributed by atoms with Crippen molar-refractivity contribution in [1.29, 1.82) is 0 Å². The van der Waals surface area contributed by atoms with Crippen molar-refractivity contribution in [3.05, 3.63) is 51.8 Å². The van der Waals surface area contributed by atoms with E-state index in [0.717, 1.165) is 65.7 Å². The molecule has 4 rings (SSSR count). The minimum atomic E-state index is 0.120. The van der Waals surface area contributed by atoms with Crippen LogP contribution in [0.3, 0.4) is 0 Å². The molecule has 3 aromatic rings. The monoisotopic (exact) mass is 414 g/mol. The van der Waals surface area contributed by atoms with E-state index in [1.165, 1.54) is 0 Å². The van der Waals surface area contributed by atoms with Gasteiger partial charge < -0.3 is 14.7 Å². The molecule has 1 aromatic carbocycles. The molecule has 1 saturated heterocycles. The Morgan fingerprint density at radius 2 is 2.04 bits per heavy atom. The fourth-order valence-electron chi connectivity index (χ4n) is 3.55. The van der Waals surface area contributed by atoms with Crippen molar-refractivity contribution < 1.29 is 4.79 Å². The van der Waals surface area contributed by atoms with Crippen LogP contribution in [-0.4, -0.2) is 71.9 Å². The van der Waals surface area contributed by atoms with Crippen molar-refractivity contribution in [3.63, 3.8) is 0 Å². The van der Waals surface area contributed by atoms with Crippen molar-refractivity contribution in [3.8, 4) is 0 Å². The fourth-order valence-corrected chi connectivity index (χ4v) is 5.21. The van der Waals surface area contributed by atoms with Gasteiger partial charge in [-0.2, -0.15) is 0 Å². The van der Waals surface area contributed by atoms with E-state index in [1.54, 1.807) is 22.7 Å². The van der Waals surface area contributed by atoms with E-state index in [-0.39, 0.29) is 5.91 Å². The Hall–Kier alpha value is -1.80. The number of amides is 1. The van der Waals surface area contributed by atoms with Gasteiger partial charge in [0.25, 0.3) is 5.91 Å². The van der Waals surface area contributed by atoms with Crippen molar-refractivity contribution in [2.24, 2.45) is 0 Å². The van der Waals surface area contributed by atoms with Gasteiger partial charge in [-0.3, -0.25) is 4.79 Å². The highest BCUT2D eigenvalue weighted by atomic mass is 32.1. The molecule has 0 bridgehead atoms. The van der Waals surface area contributed by atoms with Gasteiger partial charge in [0.1, 0.15) is 5.01 Å². The Labute approximate surface area is 174 Å². The van der Waals surface area contributed by atoms with Crippen LogP contribution in [-0.2, 0) is 6.54 Å². The van der Waals surface area contributed by atoms with Crippen LogP contribution in [0, 0.1) is 0 Å². The predicted molar refractivity (Wildman–Crippen MR) is 117 cm³/mol. The van der Waals surface area contributed by atoms with Crippen molar-refractivity contribution in [2.75, 3.05) is 46.3 Å². The molecular weight excluding hydrogens is 388 g/mol. The summed E-state index contributed by atoms with van der Waals surface area (Å²) in [4.78, 5) is 25.3. The van der Waals surface area contributed by atoms with Gasteiger partial charge in [-0.1, -0.05) is 18.2 Å². The summed E-state index contributed by atoms with van der Waals surface area (Å²) in [5.74, 6) is 0.120. The minimum absolute atomic E-state index is 0.120. The molecular formula is C21H26N4OS2. The first-order chi connectivity index (χ1) is 13.7. The second-order valence-corrected chi connectivity index (χ2v) is 9.36. The van der Waals surface area contributed by atoms with E-state index in [2.05, 4.69) is 34.0 Å². The number of fused-ring (bicyclic) bond motifs is 1. The Morgan fingerprint density at radius 1 is 1.21 bits per heavy atom. The molecule has 28 heavy (non-hydrogen) atoms. The number of hydrogen-bond donors (Lipinski definition) is 0.